The largest absolute Gasteiger partial charge is 0.508 e. The van der Waals surface area contributed by atoms with Crippen LogP contribution in [-0.2, 0) is 0 Å². The van der Waals surface area contributed by atoms with Crippen molar-refractivity contribution in [3.05, 3.63) is 48.0 Å². The molecule has 0 heterocycles. The van der Waals surface area contributed by atoms with Crippen LogP contribution in [0.3, 0.4) is 0 Å². The van der Waals surface area contributed by atoms with Crippen molar-refractivity contribution in [2.24, 2.45) is 0 Å². The van der Waals surface area contributed by atoms with Gasteiger partial charge >= 0.3 is 6.61 Å². The van der Waals surface area contributed by atoms with Gasteiger partial charge in [-0.15, -0.1) is 0 Å². The Morgan fingerprint density at radius 1 is 1.19 bits per heavy atom. The quantitative estimate of drug-likeness (QED) is 0.598. The lowest BCUT2D eigenvalue weighted by atomic mass is 10.1. The fraction of sp³-hybridized carbons (Fsp3) is 0.0714. The number of ether oxygens (including phenoxy) is 1. The zero-order valence-electron chi connectivity index (χ0n) is 10.7. The van der Waals surface area contributed by atoms with Crippen LogP contribution >= 0.6 is 0 Å². The number of carbonyl (C=O) groups excluding carboxylic acids is 1. The minimum Gasteiger partial charge on any atom is -0.508 e. The fourth-order valence-corrected chi connectivity index (χ4v) is 1.66. The van der Waals surface area contributed by atoms with Gasteiger partial charge in [0.15, 0.2) is 0 Å². The van der Waals surface area contributed by atoms with Gasteiger partial charge in [0.2, 0.25) is 0 Å². The molecule has 0 spiro atoms. The Morgan fingerprint density at radius 3 is 2.48 bits per heavy atom. The number of hydrogen-bond acceptors (Lipinski definition) is 4. The van der Waals surface area contributed by atoms with Crippen LogP contribution in [-0.4, -0.2) is 17.6 Å². The van der Waals surface area contributed by atoms with E-state index in [-0.39, 0.29) is 22.7 Å². The van der Waals surface area contributed by atoms with E-state index in [9.17, 15) is 18.7 Å². The number of alkyl halides is 2. The predicted octanol–water partition coefficient (Wildman–Crippen LogP) is 2.83. The summed E-state index contributed by atoms with van der Waals surface area (Å²) in [4.78, 5) is 12.0. The molecular formula is C14H12F2N2O3. The van der Waals surface area contributed by atoms with Gasteiger partial charge in [0.1, 0.15) is 11.5 Å². The summed E-state index contributed by atoms with van der Waals surface area (Å²) in [5, 5.41) is 11.9. The molecule has 0 fully saturated rings. The minimum atomic E-state index is -2.91. The molecule has 0 aromatic heterocycles. The van der Waals surface area contributed by atoms with Gasteiger partial charge in [-0.2, -0.15) is 8.78 Å². The molecule has 0 saturated carbocycles. The number of aromatic hydroxyl groups is 1. The van der Waals surface area contributed by atoms with Gasteiger partial charge in [-0.1, -0.05) is 0 Å². The number of hydrogen-bond donors (Lipinski definition) is 3. The highest BCUT2D eigenvalue weighted by atomic mass is 19.3. The van der Waals surface area contributed by atoms with Crippen LogP contribution in [0.15, 0.2) is 42.5 Å². The molecule has 0 aliphatic rings. The molecule has 0 unspecified atom stereocenters. The van der Waals surface area contributed by atoms with E-state index in [0.29, 0.717) is 5.69 Å². The van der Waals surface area contributed by atoms with Crippen LogP contribution in [0.5, 0.6) is 11.5 Å². The van der Waals surface area contributed by atoms with Gasteiger partial charge in [-0.25, -0.2) is 0 Å². The number of rotatable bonds is 4. The van der Waals surface area contributed by atoms with Crippen LogP contribution in [0, 0.1) is 0 Å². The Morgan fingerprint density at radius 2 is 1.86 bits per heavy atom. The van der Waals surface area contributed by atoms with E-state index in [1.807, 2.05) is 0 Å². The summed E-state index contributed by atoms with van der Waals surface area (Å²) in [6.45, 7) is -2.91. The summed E-state index contributed by atoms with van der Waals surface area (Å²) in [6, 6.07) is 9.43. The van der Waals surface area contributed by atoms with Gasteiger partial charge in [0.05, 0.1) is 5.56 Å². The number of phenols is 1. The zero-order chi connectivity index (χ0) is 15.4. The SMILES string of the molecule is Nc1ccc(O)cc1C(=O)Nc1ccc(OC(F)F)cc1. The van der Waals surface area contributed by atoms with Crippen molar-refractivity contribution >= 4 is 17.3 Å². The lowest BCUT2D eigenvalue weighted by molar-refractivity contribution is -0.0498. The van der Waals surface area contributed by atoms with Gasteiger partial charge in [0, 0.05) is 11.4 Å². The Labute approximate surface area is 119 Å². The molecule has 0 saturated heterocycles. The first-order valence-electron chi connectivity index (χ1n) is 5.90. The molecule has 0 radical (unpaired) electrons. The first-order valence-corrected chi connectivity index (χ1v) is 5.90. The van der Waals surface area contributed by atoms with Gasteiger partial charge in [-0.3, -0.25) is 4.79 Å². The van der Waals surface area contributed by atoms with E-state index in [2.05, 4.69) is 10.1 Å². The number of halogens is 2. The van der Waals surface area contributed by atoms with E-state index in [1.165, 1.54) is 42.5 Å². The second-order valence-corrected chi connectivity index (χ2v) is 4.13. The third kappa shape index (κ3) is 3.82. The van der Waals surface area contributed by atoms with Crippen LogP contribution in [0.2, 0.25) is 0 Å². The number of benzene rings is 2. The third-order valence-corrected chi connectivity index (χ3v) is 2.62. The summed E-state index contributed by atoms with van der Waals surface area (Å²) < 4.78 is 28.2. The molecule has 110 valence electrons. The normalized spacial score (nSPS) is 10.4. The highest BCUT2D eigenvalue weighted by molar-refractivity contribution is 6.08. The molecule has 0 aliphatic heterocycles. The highest BCUT2D eigenvalue weighted by Gasteiger charge is 2.11. The summed E-state index contributed by atoms with van der Waals surface area (Å²) in [5.41, 5.74) is 6.35. The van der Waals surface area contributed by atoms with E-state index < -0.39 is 12.5 Å². The lowest BCUT2D eigenvalue weighted by Crippen LogP contribution is -2.14. The number of anilines is 2. The van der Waals surface area contributed by atoms with Crippen molar-refractivity contribution in [3.8, 4) is 11.5 Å². The molecular weight excluding hydrogens is 282 g/mol. The molecule has 2 aromatic carbocycles. The predicted molar refractivity (Wildman–Crippen MR) is 73.5 cm³/mol. The van der Waals surface area contributed by atoms with Crippen LogP contribution in [0.4, 0.5) is 20.2 Å². The average Bonchev–Trinajstić information content (AvgIpc) is 2.43. The third-order valence-electron chi connectivity index (χ3n) is 2.62. The number of nitrogens with two attached hydrogens (primary N) is 1. The first-order chi connectivity index (χ1) is 9.95. The first kappa shape index (κ1) is 14.6. The second-order valence-electron chi connectivity index (χ2n) is 4.13. The molecule has 0 aliphatic carbocycles. The minimum absolute atomic E-state index is 0.0140. The Hall–Kier alpha value is -2.83. The Balaban J connectivity index is 2.10. The summed E-state index contributed by atoms with van der Waals surface area (Å²) in [7, 11) is 0. The van der Waals surface area contributed by atoms with Crippen molar-refractivity contribution in [1.29, 1.82) is 0 Å². The molecule has 21 heavy (non-hydrogen) atoms. The van der Waals surface area contributed by atoms with Crippen molar-refractivity contribution in [2.45, 2.75) is 6.61 Å². The fourth-order valence-electron chi connectivity index (χ4n) is 1.66. The maximum absolute atomic E-state index is 12.0. The summed E-state index contributed by atoms with van der Waals surface area (Å²) in [5.74, 6) is -0.624. The molecule has 7 heteroatoms. The van der Waals surface area contributed by atoms with E-state index in [0.717, 1.165) is 0 Å². The smallest absolute Gasteiger partial charge is 0.387 e. The van der Waals surface area contributed by atoms with Gasteiger partial charge in [0.25, 0.3) is 5.91 Å². The topological polar surface area (TPSA) is 84.6 Å². The van der Waals surface area contributed by atoms with Gasteiger partial charge < -0.3 is 20.9 Å². The number of nitrogen functional groups attached to an aromatic ring is 1. The molecule has 0 bridgehead atoms. The van der Waals surface area contributed by atoms with Gasteiger partial charge in [-0.05, 0) is 42.5 Å². The van der Waals surface area contributed by atoms with E-state index >= 15 is 0 Å². The van der Waals surface area contributed by atoms with E-state index in [1.54, 1.807) is 0 Å². The molecule has 1 amide bonds. The molecule has 5 nitrogen and oxygen atoms in total. The molecule has 2 rings (SSSR count). The zero-order valence-corrected chi connectivity index (χ0v) is 10.7. The van der Waals surface area contributed by atoms with Crippen LogP contribution < -0.4 is 15.8 Å². The Bertz CT molecular complexity index is 645. The second kappa shape index (κ2) is 6.08. The Kier molecular flexibility index (Phi) is 4.22. The maximum Gasteiger partial charge on any atom is 0.387 e. The molecule has 0 atom stereocenters. The van der Waals surface area contributed by atoms with Crippen LogP contribution in [0.1, 0.15) is 10.4 Å². The summed E-state index contributed by atoms with van der Waals surface area (Å²) >= 11 is 0. The lowest BCUT2D eigenvalue weighted by Gasteiger charge is -2.09. The maximum atomic E-state index is 12.0. The molecule has 2 aromatic rings. The van der Waals surface area contributed by atoms with Crippen molar-refractivity contribution < 1.29 is 23.4 Å². The van der Waals surface area contributed by atoms with E-state index in [4.69, 9.17) is 5.73 Å². The average molecular weight is 294 g/mol. The number of carbonyl (C=O) groups is 1. The summed E-state index contributed by atoms with van der Waals surface area (Å²) in [6.07, 6.45) is 0. The number of phenolic OH excluding ortho intramolecular Hbond substituents is 1. The van der Waals surface area contributed by atoms with Crippen molar-refractivity contribution in [3.63, 3.8) is 0 Å². The van der Waals surface area contributed by atoms with Crippen LogP contribution in [0.25, 0.3) is 0 Å². The monoisotopic (exact) mass is 294 g/mol. The number of nitrogens with one attached hydrogen (secondary N) is 1. The van der Waals surface area contributed by atoms with Crippen molar-refractivity contribution in [1.82, 2.24) is 0 Å². The molecule has 4 N–H and O–H groups in total. The van der Waals surface area contributed by atoms with Crippen molar-refractivity contribution in [2.75, 3.05) is 11.1 Å². The highest BCUT2D eigenvalue weighted by Crippen LogP contribution is 2.21. The number of amides is 1. The standard InChI is InChI=1S/C14H12F2N2O3/c15-14(16)21-10-4-1-8(2-5-10)18-13(20)11-7-9(19)3-6-12(11)17/h1-7,14,19H,17H2,(H,18,20).